The normalized spacial score (nSPS) is 16.6. The summed E-state index contributed by atoms with van der Waals surface area (Å²) in [5, 5.41) is 9.13. The van der Waals surface area contributed by atoms with Crippen LogP contribution in [0.15, 0.2) is 0 Å². The fourth-order valence-corrected chi connectivity index (χ4v) is 1.39. The molecule has 0 aliphatic carbocycles. The Bertz CT molecular complexity index is 195. The summed E-state index contributed by atoms with van der Waals surface area (Å²) < 4.78 is 5.09. The zero-order chi connectivity index (χ0) is 12.6. The van der Waals surface area contributed by atoms with Crippen molar-refractivity contribution < 1.29 is 14.6 Å². The molecular weight excluding hydrogens is 206 g/mol. The summed E-state index contributed by atoms with van der Waals surface area (Å²) in [6.45, 7) is 6.13. The highest BCUT2D eigenvalue weighted by Crippen LogP contribution is 2.13. The topological polar surface area (TPSA) is 72.5 Å². The molecule has 0 aromatic heterocycles. The maximum Gasteiger partial charge on any atom is 0.325 e. The van der Waals surface area contributed by atoms with Crippen LogP contribution in [0.1, 0.15) is 46.5 Å². The molecule has 0 spiro atoms. The molecule has 0 fully saturated rings. The largest absolute Gasteiger partial charge is 0.464 e. The fraction of sp³-hybridized carbons (Fsp3) is 0.917. The van der Waals surface area contributed by atoms with E-state index >= 15 is 0 Å². The second-order valence-corrected chi connectivity index (χ2v) is 4.31. The van der Waals surface area contributed by atoms with Gasteiger partial charge in [-0.25, -0.2) is 0 Å². The summed E-state index contributed by atoms with van der Waals surface area (Å²) in [6.07, 6.45) is 3.51. The first kappa shape index (κ1) is 15.4. The molecule has 0 bridgehead atoms. The molecular formula is C12H25NO3. The number of aliphatic hydroxyl groups is 1. The van der Waals surface area contributed by atoms with Crippen LogP contribution < -0.4 is 5.73 Å². The number of ether oxygens (including phenoxy) is 1. The van der Waals surface area contributed by atoms with E-state index in [1.807, 2.05) is 0 Å². The molecule has 0 saturated heterocycles. The highest BCUT2D eigenvalue weighted by atomic mass is 16.5. The van der Waals surface area contributed by atoms with Crippen LogP contribution in [0.5, 0.6) is 0 Å². The standard InChI is InChI=1S/C12H25NO3/c1-4-6-7-10(5-2)8-16-12(15)11(13)9(3)14/h9-11,14H,4-8,13H2,1-3H3. The molecule has 3 atom stereocenters. The summed E-state index contributed by atoms with van der Waals surface area (Å²) in [4.78, 5) is 11.4. The van der Waals surface area contributed by atoms with Crippen molar-refractivity contribution in [2.24, 2.45) is 11.7 Å². The summed E-state index contributed by atoms with van der Waals surface area (Å²) in [6, 6.07) is -0.927. The van der Waals surface area contributed by atoms with Crippen LogP contribution in [0.3, 0.4) is 0 Å². The van der Waals surface area contributed by atoms with E-state index in [2.05, 4.69) is 13.8 Å². The van der Waals surface area contributed by atoms with Crippen LogP contribution in [0.2, 0.25) is 0 Å². The number of hydrogen-bond acceptors (Lipinski definition) is 4. The molecule has 4 nitrogen and oxygen atoms in total. The SMILES string of the molecule is CCCCC(CC)COC(=O)C(N)C(C)O. The molecule has 96 valence electrons. The minimum Gasteiger partial charge on any atom is -0.464 e. The quantitative estimate of drug-likeness (QED) is 0.620. The molecule has 0 amide bonds. The Morgan fingerprint density at radius 3 is 2.50 bits per heavy atom. The molecule has 0 radical (unpaired) electrons. The van der Waals surface area contributed by atoms with E-state index in [0.717, 1.165) is 25.7 Å². The molecule has 0 rings (SSSR count). The first-order valence-electron chi connectivity index (χ1n) is 6.13. The van der Waals surface area contributed by atoms with Gasteiger partial charge in [-0.2, -0.15) is 0 Å². The molecule has 0 aromatic carbocycles. The van der Waals surface area contributed by atoms with Gasteiger partial charge in [-0.05, 0) is 19.3 Å². The van der Waals surface area contributed by atoms with Crippen LogP contribution in [0, 0.1) is 5.92 Å². The molecule has 0 aliphatic heterocycles. The van der Waals surface area contributed by atoms with Gasteiger partial charge in [-0.3, -0.25) is 4.79 Å². The average molecular weight is 231 g/mol. The van der Waals surface area contributed by atoms with Gasteiger partial charge in [0, 0.05) is 0 Å². The summed E-state index contributed by atoms with van der Waals surface area (Å²) in [5.74, 6) is -0.102. The fourth-order valence-electron chi connectivity index (χ4n) is 1.39. The monoisotopic (exact) mass is 231 g/mol. The van der Waals surface area contributed by atoms with Crippen LogP contribution in [0.4, 0.5) is 0 Å². The van der Waals surface area contributed by atoms with Crippen LogP contribution in [-0.2, 0) is 9.53 Å². The van der Waals surface area contributed by atoms with Gasteiger partial charge >= 0.3 is 5.97 Å². The lowest BCUT2D eigenvalue weighted by Gasteiger charge is -2.18. The van der Waals surface area contributed by atoms with Gasteiger partial charge in [0.2, 0.25) is 0 Å². The molecule has 0 aliphatic rings. The van der Waals surface area contributed by atoms with Crippen LogP contribution in [0.25, 0.3) is 0 Å². The highest BCUT2D eigenvalue weighted by Gasteiger charge is 2.21. The first-order chi connectivity index (χ1) is 7.52. The first-order valence-corrected chi connectivity index (χ1v) is 6.13. The van der Waals surface area contributed by atoms with E-state index in [4.69, 9.17) is 15.6 Å². The second kappa shape index (κ2) is 8.53. The van der Waals surface area contributed by atoms with E-state index in [9.17, 15) is 4.79 Å². The van der Waals surface area contributed by atoms with Gasteiger partial charge in [0.15, 0.2) is 0 Å². The summed E-state index contributed by atoms with van der Waals surface area (Å²) in [7, 11) is 0. The Labute approximate surface area is 98.2 Å². The highest BCUT2D eigenvalue weighted by molar-refractivity contribution is 5.76. The number of unbranched alkanes of at least 4 members (excludes halogenated alkanes) is 1. The van der Waals surface area contributed by atoms with Gasteiger partial charge in [-0.15, -0.1) is 0 Å². The number of carbonyl (C=O) groups is 1. The minimum absolute atomic E-state index is 0.407. The second-order valence-electron chi connectivity index (χ2n) is 4.31. The Morgan fingerprint density at radius 2 is 2.06 bits per heavy atom. The van der Waals surface area contributed by atoms with E-state index in [-0.39, 0.29) is 0 Å². The maximum absolute atomic E-state index is 11.4. The average Bonchev–Trinajstić information content (AvgIpc) is 2.27. The van der Waals surface area contributed by atoms with E-state index in [1.165, 1.54) is 6.92 Å². The molecule has 0 heterocycles. The molecule has 0 saturated carbocycles. The zero-order valence-electron chi connectivity index (χ0n) is 10.6. The van der Waals surface area contributed by atoms with Gasteiger partial charge in [0.25, 0.3) is 0 Å². The Hall–Kier alpha value is -0.610. The lowest BCUT2D eigenvalue weighted by Crippen LogP contribution is -2.41. The number of carbonyl (C=O) groups excluding carboxylic acids is 1. The number of hydrogen-bond donors (Lipinski definition) is 2. The predicted molar refractivity (Wildman–Crippen MR) is 63.9 cm³/mol. The van der Waals surface area contributed by atoms with E-state index < -0.39 is 18.1 Å². The number of rotatable bonds is 8. The summed E-state index contributed by atoms with van der Waals surface area (Å²) >= 11 is 0. The van der Waals surface area contributed by atoms with Crippen molar-refractivity contribution in [1.29, 1.82) is 0 Å². The zero-order valence-corrected chi connectivity index (χ0v) is 10.6. The van der Waals surface area contributed by atoms with E-state index in [0.29, 0.717) is 12.5 Å². The third kappa shape index (κ3) is 6.08. The number of aliphatic hydroxyl groups excluding tert-OH is 1. The van der Waals surface area contributed by atoms with Crippen molar-refractivity contribution >= 4 is 5.97 Å². The smallest absolute Gasteiger partial charge is 0.325 e. The summed E-state index contributed by atoms with van der Waals surface area (Å²) in [5.41, 5.74) is 5.46. The van der Waals surface area contributed by atoms with Gasteiger partial charge < -0.3 is 15.6 Å². The lowest BCUT2D eigenvalue weighted by molar-refractivity contribution is -0.149. The molecule has 16 heavy (non-hydrogen) atoms. The van der Waals surface area contributed by atoms with Crippen molar-refractivity contribution in [1.82, 2.24) is 0 Å². The molecule has 3 N–H and O–H groups in total. The third-order valence-electron chi connectivity index (χ3n) is 2.80. The van der Waals surface area contributed by atoms with Crippen molar-refractivity contribution in [3.8, 4) is 0 Å². The van der Waals surface area contributed by atoms with Crippen LogP contribution in [-0.4, -0.2) is 29.8 Å². The Kier molecular flexibility index (Phi) is 8.21. The van der Waals surface area contributed by atoms with Crippen molar-refractivity contribution in [3.63, 3.8) is 0 Å². The predicted octanol–water partition coefficient (Wildman–Crippen LogP) is 1.45. The third-order valence-corrected chi connectivity index (χ3v) is 2.80. The minimum atomic E-state index is -0.927. The van der Waals surface area contributed by atoms with Crippen molar-refractivity contribution in [3.05, 3.63) is 0 Å². The Balaban J connectivity index is 3.87. The Morgan fingerprint density at radius 1 is 1.44 bits per heavy atom. The van der Waals surface area contributed by atoms with Gasteiger partial charge in [0.05, 0.1) is 12.7 Å². The number of esters is 1. The molecule has 0 aromatic rings. The lowest BCUT2D eigenvalue weighted by atomic mass is 10.0. The van der Waals surface area contributed by atoms with Crippen LogP contribution >= 0.6 is 0 Å². The molecule has 3 unspecified atom stereocenters. The van der Waals surface area contributed by atoms with E-state index in [1.54, 1.807) is 0 Å². The van der Waals surface area contributed by atoms with Crippen molar-refractivity contribution in [2.75, 3.05) is 6.61 Å². The van der Waals surface area contributed by atoms with Gasteiger partial charge in [0.1, 0.15) is 6.04 Å². The van der Waals surface area contributed by atoms with Gasteiger partial charge in [-0.1, -0.05) is 33.1 Å². The van der Waals surface area contributed by atoms with Crippen molar-refractivity contribution in [2.45, 2.75) is 58.6 Å². The number of nitrogens with two attached hydrogens (primary N) is 1. The maximum atomic E-state index is 11.4. The molecule has 4 heteroatoms.